The van der Waals surface area contributed by atoms with Crippen LogP contribution in [0, 0.1) is 5.82 Å². The number of nitrogens with zero attached hydrogens (tertiary/aromatic N) is 2. The third-order valence-corrected chi connectivity index (χ3v) is 3.08. The van der Waals surface area contributed by atoms with Crippen LogP contribution < -0.4 is 5.32 Å². The van der Waals surface area contributed by atoms with Gasteiger partial charge in [0, 0.05) is 12.6 Å². The number of hydrogen-bond donors (Lipinski definition) is 1. The van der Waals surface area contributed by atoms with Crippen molar-refractivity contribution in [1.29, 1.82) is 0 Å². The molecule has 1 aliphatic heterocycles. The maximum atomic E-state index is 12.6. The second kappa shape index (κ2) is 5.37. The van der Waals surface area contributed by atoms with E-state index in [-0.39, 0.29) is 5.82 Å². The van der Waals surface area contributed by atoms with Gasteiger partial charge in [0.05, 0.1) is 11.9 Å². The fourth-order valence-electron chi connectivity index (χ4n) is 1.97. The Morgan fingerprint density at radius 3 is 2.81 bits per heavy atom. The average Bonchev–Trinajstić information content (AvgIpc) is 2.30. The van der Waals surface area contributed by atoms with Crippen molar-refractivity contribution in [2.45, 2.75) is 25.4 Å². The van der Waals surface area contributed by atoms with Gasteiger partial charge in [-0.25, -0.2) is 4.39 Å². The van der Waals surface area contributed by atoms with Crippen LogP contribution in [0.25, 0.3) is 0 Å². The Hall–Kier alpha value is -1.00. The lowest BCUT2D eigenvalue weighted by Crippen LogP contribution is -2.40. The van der Waals surface area contributed by atoms with Gasteiger partial charge in [0.2, 0.25) is 0 Å². The van der Waals surface area contributed by atoms with E-state index in [2.05, 4.69) is 22.2 Å². The molecule has 2 rings (SSSR count). The van der Waals surface area contributed by atoms with Crippen LogP contribution in [-0.2, 0) is 6.54 Å². The predicted molar refractivity (Wildman–Crippen MR) is 61.6 cm³/mol. The molecule has 0 amide bonds. The Labute approximate surface area is 95.7 Å². The molecule has 0 radical (unpaired) electrons. The van der Waals surface area contributed by atoms with Gasteiger partial charge in [-0.2, -0.15) is 0 Å². The zero-order valence-corrected chi connectivity index (χ0v) is 9.62. The second-order valence-electron chi connectivity index (χ2n) is 4.43. The molecule has 1 fully saturated rings. The first kappa shape index (κ1) is 11.5. The lowest BCUT2D eigenvalue weighted by atomic mass is 10.1. The van der Waals surface area contributed by atoms with Crippen molar-refractivity contribution in [2.75, 3.05) is 20.1 Å². The van der Waals surface area contributed by atoms with E-state index in [1.54, 1.807) is 6.07 Å². The minimum Gasteiger partial charge on any atom is -0.308 e. The van der Waals surface area contributed by atoms with Crippen LogP contribution in [0.3, 0.4) is 0 Å². The molecule has 0 aliphatic carbocycles. The van der Waals surface area contributed by atoms with Crippen LogP contribution in [0.5, 0.6) is 0 Å². The van der Waals surface area contributed by atoms with Gasteiger partial charge in [0.25, 0.3) is 0 Å². The lowest BCUT2D eigenvalue weighted by molar-refractivity contribution is 0.233. The summed E-state index contributed by atoms with van der Waals surface area (Å²) in [4.78, 5) is 6.37. The van der Waals surface area contributed by atoms with Gasteiger partial charge >= 0.3 is 0 Å². The summed E-state index contributed by atoms with van der Waals surface area (Å²) < 4.78 is 12.6. The Kier molecular flexibility index (Phi) is 3.85. The maximum Gasteiger partial charge on any atom is 0.141 e. The van der Waals surface area contributed by atoms with E-state index in [0.29, 0.717) is 6.04 Å². The van der Waals surface area contributed by atoms with Crippen LogP contribution in [0.15, 0.2) is 18.3 Å². The molecule has 0 aromatic carbocycles. The minimum absolute atomic E-state index is 0.275. The number of rotatable bonds is 3. The highest BCUT2D eigenvalue weighted by Gasteiger charge is 2.15. The minimum atomic E-state index is -0.275. The predicted octanol–water partition coefficient (Wildman–Crippen LogP) is 1.40. The zero-order chi connectivity index (χ0) is 11.4. The summed E-state index contributed by atoms with van der Waals surface area (Å²) in [6, 6.07) is 3.76. The number of nitrogens with one attached hydrogen (secondary N) is 1. The second-order valence-corrected chi connectivity index (χ2v) is 4.43. The van der Waals surface area contributed by atoms with Crippen LogP contribution >= 0.6 is 0 Å². The number of likely N-dealkylation sites (tertiary alicyclic amines) is 1. The molecule has 4 heteroatoms. The molecule has 2 heterocycles. The summed E-state index contributed by atoms with van der Waals surface area (Å²) >= 11 is 0. The molecule has 1 aromatic rings. The summed E-state index contributed by atoms with van der Waals surface area (Å²) in [6.07, 6.45) is 3.63. The van der Waals surface area contributed by atoms with Crippen LogP contribution in [0.2, 0.25) is 0 Å². The van der Waals surface area contributed by atoms with Crippen LogP contribution in [0.1, 0.15) is 18.5 Å². The number of pyridine rings is 1. The van der Waals surface area contributed by atoms with Gasteiger partial charge in [-0.15, -0.1) is 0 Å². The van der Waals surface area contributed by atoms with Crippen molar-refractivity contribution < 1.29 is 4.39 Å². The summed E-state index contributed by atoms with van der Waals surface area (Å²) in [7, 11) is 2.15. The molecular formula is C12H18FN3. The van der Waals surface area contributed by atoms with Gasteiger partial charge in [0.15, 0.2) is 0 Å². The molecule has 0 unspecified atom stereocenters. The number of hydrogen-bond acceptors (Lipinski definition) is 3. The Balaban J connectivity index is 1.77. The zero-order valence-electron chi connectivity index (χ0n) is 9.62. The molecule has 1 aliphatic rings. The van der Waals surface area contributed by atoms with E-state index in [9.17, 15) is 4.39 Å². The standard InChI is InChI=1S/C12H18FN3/c1-16-6-4-11(5-7-16)15-9-12-3-2-10(13)8-14-12/h2-3,8,11,15H,4-7,9H2,1H3. The highest BCUT2D eigenvalue weighted by atomic mass is 19.1. The van der Waals surface area contributed by atoms with Crippen molar-refractivity contribution in [1.82, 2.24) is 15.2 Å². The average molecular weight is 223 g/mol. The van der Waals surface area contributed by atoms with Gasteiger partial charge in [-0.05, 0) is 45.1 Å². The van der Waals surface area contributed by atoms with Crippen LogP contribution in [-0.4, -0.2) is 36.1 Å². The Bertz CT molecular complexity index is 318. The largest absolute Gasteiger partial charge is 0.308 e. The molecule has 1 saturated heterocycles. The molecule has 1 N–H and O–H groups in total. The molecule has 0 atom stereocenters. The molecule has 16 heavy (non-hydrogen) atoms. The summed E-state index contributed by atoms with van der Waals surface area (Å²) in [5, 5.41) is 3.47. The summed E-state index contributed by atoms with van der Waals surface area (Å²) in [6.45, 7) is 3.03. The molecule has 0 saturated carbocycles. The first-order chi connectivity index (χ1) is 7.74. The molecule has 0 bridgehead atoms. The van der Waals surface area contributed by atoms with Crippen LogP contribution in [0.4, 0.5) is 4.39 Å². The summed E-state index contributed by atoms with van der Waals surface area (Å²) in [5.74, 6) is -0.275. The topological polar surface area (TPSA) is 28.2 Å². The van der Waals surface area contributed by atoms with Crippen molar-refractivity contribution in [3.8, 4) is 0 Å². The maximum absolute atomic E-state index is 12.6. The van der Waals surface area contributed by atoms with Crippen molar-refractivity contribution in [2.24, 2.45) is 0 Å². The lowest BCUT2D eigenvalue weighted by Gasteiger charge is -2.29. The fourth-order valence-corrected chi connectivity index (χ4v) is 1.97. The van der Waals surface area contributed by atoms with E-state index in [4.69, 9.17) is 0 Å². The fraction of sp³-hybridized carbons (Fsp3) is 0.583. The molecule has 88 valence electrons. The van der Waals surface area contributed by atoms with E-state index in [0.717, 1.165) is 25.3 Å². The first-order valence-corrected chi connectivity index (χ1v) is 5.76. The van der Waals surface area contributed by atoms with Crippen molar-refractivity contribution in [3.63, 3.8) is 0 Å². The third-order valence-electron chi connectivity index (χ3n) is 3.08. The Morgan fingerprint density at radius 1 is 1.44 bits per heavy atom. The molecular weight excluding hydrogens is 205 g/mol. The smallest absolute Gasteiger partial charge is 0.141 e. The normalized spacial score (nSPS) is 18.9. The van der Waals surface area contributed by atoms with Gasteiger partial charge in [0.1, 0.15) is 5.82 Å². The quantitative estimate of drug-likeness (QED) is 0.839. The molecule has 0 spiro atoms. The van der Waals surface area contributed by atoms with E-state index in [1.807, 2.05) is 0 Å². The Morgan fingerprint density at radius 2 is 2.19 bits per heavy atom. The number of piperidine rings is 1. The molecule has 1 aromatic heterocycles. The first-order valence-electron chi connectivity index (χ1n) is 5.76. The van der Waals surface area contributed by atoms with E-state index >= 15 is 0 Å². The van der Waals surface area contributed by atoms with E-state index in [1.165, 1.54) is 25.1 Å². The number of aromatic nitrogens is 1. The highest BCUT2D eigenvalue weighted by Crippen LogP contribution is 2.08. The number of halogens is 1. The van der Waals surface area contributed by atoms with Crippen molar-refractivity contribution in [3.05, 3.63) is 29.8 Å². The van der Waals surface area contributed by atoms with Gasteiger partial charge in [-0.1, -0.05) is 0 Å². The SMILES string of the molecule is CN1CCC(NCc2ccc(F)cn2)CC1. The van der Waals surface area contributed by atoms with Crippen molar-refractivity contribution >= 4 is 0 Å². The monoisotopic (exact) mass is 223 g/mol. The third kappa shape index (κ3) is 3.25. The highest BCUT2D eigenvalue weighted by molar-refractivity contribution is 5.05. The summed E-state index contributed by atoms with van der Waals surface area (Å²) in [5.41, 5.74) is 0.903. The van der Waals surface area contributed by atoms with E-state index < -0.39 is 0 Å². The van der Waals surface area contributed by atoms with Gasteiger partial charge < -0.3 is 10.2 Å². The van der Waals surface area contributed by atoms with Gasteiger partial charge in [-0.3, -0.25) is 4.98 Å². The molecule has 3 nitrogen and oxygen atoms in total.